The summed E-state index contributed by atoms with van der Waals surface area (Å²) in [5.41, 5.74) is 2.27. The average molecular weight is 371 g/mol. The Kier molecular flexibility index (Phi) is 5.02. The molecule has 0 aromatic heterocycles. The third kappa shape index (κ3) is 9.48. The van der Waals surface area contributed by atoms with Gasteiger partial charge in [-0.25, -0.2) is 0 Å². The second-order valence-electron chi connectivity index (χ2n) is 4.44. The molecular formula is C13H12F6N3OP. The molecule has 0 saturated heterocycles. The Balaban J connectivity index is 0.000000351. The van der Waals surface area contributed by atoms with Gasteiger partial charge in [0.25, 0.3) is 0 Å². The molecule has 2 aromatic carbocycles. The molecule has 1 N–H and O–H groups in total. The average Bonchev–Trinajstić information content (AvgIpc) is 2.45. The van der Waals surface area contributed by atoms with Crippen LogP contribution in [0.4, 0.5) is 42.2 Å². The summed E-state index contributed by atoms with van der Waals surface area (Å²) >= 11 is 0. The predicted octanol–water partition coefficient (Wildman–Crippen LogP) is 7.31. The molecule has 0 bridgehead atoms. The van der Waals surface area contributed by atoms with Crippen molar-refractivity contribution in [2.45, 2.75) is 0 Å². The van der Waals surface area contributed by atoms with Crippen LogP contribution in [0.25, 0.3) is 4.98 Å². The van der Waals surface area contributed by atoms with E-state index in [4.69, 9.17) is 10.1 Å². The first-order valence-corrected chi connectivity index (χ1v) is 8.23. The van der Waals surface area contributed by atoms with Crippen LogP contribution in [-0.2, 0) is 0 Å². The second-order valence-corrected chi connectivity index (χ2v) is 6.35. The van der Waals surface area contributed by atoms with Gasteiger partial charge < -0.3 is 10.1 Å². The zero-order chi connectivity index (χ0) is 18.5. The molecule has 0 heterocycles. The molecule has 0 amide bonds. The minimum absolute atomic E-state index is 0.408. The van der Waals surface area contributed by atoms with Gasteiger partial charge in [-0.1, -0.05) is 18.2 Å². The number of hydrogen-bond acceptors (Lipinski definition) is 3. The van der Waals surface area contributed by atoms with Gasteiger partial charge in [-0.15, -0.1) is 0 Å². The topological polar surface area (TPSA) is 49.4 Å². The molecule has 0 atom stereocenters. The molecule has 0 spiro atoms. The summed E-state index contributed by atoms with van der Waals surface area (Å²) in [6, 6.07) is 15.1. The van der Waals surface area contributed by atoms with Crippen molar-refractivity contribution in [3.8, 4) is 5.75 Å². The molecule has 132 valence electrons. The third-order valence-electron chi connectivity index (χ3n) is 2.35. The molecular weight excluding hydrogens is 359 g/mol. The van der Waals surface area contributed by atoms with Crippen LogP contribution in [0.3, 0.4) is 0 Å². The van der Waals surface area contributed by atoms with E-state index in [1.165, 1.54) is 7.11 Å². The molecule has 11 heteroatoms. The summed E-state index contributed by atoms with van der Waals surface area (Å²) in [6.45, 7) is 0. The van der Waals surface area contributed by atoms with Gasteiger partial charge in [-0.2, -0.15) is 0 Å². The van der Waals surface area contributed by atoms with Gasteiger partial charge in [0, 0.05) is 23.5 Å². The van der Waals surface area contributed by atoms with E-state index in [1.54, 1.807) is 12.1 Å². The van der Waals surface area contributed by atoms with Crippen molar-refractivity contribution in [2.24, 2.45) is 0 Å². The number of nitrogens with zero attached hydrogens (tertiary/aromatic N) is 2. The first-order chi connectivity index (χ1) is 10.8. The van der Waals surface area contributed by atoms with Crippen molar-refractivity contribution in [1.82, 2.24) is 0 Å². The molecule has 2 aromatic rings. The fraction of sp³-hybridized carbons (Fsp3) is 0.0769. The number of para-hydroxylation sites is 1. The number of benzene rings is 2. The molecule has 0 unspecified atom stereocenters. The van der Waals surface area contributed by atoms with Crippen molar-refractivity contribution in [1.29, 1.82) is 5.39 Å². The quantitative estimate of drug-likeness (QED) is 0.350. The minimum atomic E-state index is -10.7. The standard InChI is InChI=1S/C13H12N3O.F6P/c1-17-13-9-11(7-8-12(13)16-14)15-10-5-3-2-4-6-10;1-7(2,3,4,5)6/h2-9,15H,1H3;/q+1;-1. The van der Waals surface area contributed by atoms with Crippen molar-refractivity contribution < 1.29 is 29.9 Å². The van der Waals surface area contributed by atoms with Gasteiger partial charge in [0.15, 0.2) is 4.98 Å². The van der Waals surface area contributed by atoms with Gasteiger partial charge >= 0.3 is 38.7 Å². The number of methoxy groups -OCH3 is 1. The van der Waals surface area contributed by atoms with Crippen molar-refractivity contribution in [3.63, 3.8) is 0 Å². The first-order valence-electron chi connectivity index (χ1n) is 6.20. The number of hydrogen-bond donors (Lipinski definition) is 1. The fourth-order valence-electron chi connectivity index (χ4n) is 1.53. The van der Waals surface area contributed by atoms with E-state index < -0.39 is 7.81 Å². The molecule has 24 heavy (non-hydrogen) atoms. The van der Waals surface area contributed by atoms with E-state index in [-0.39, 0.29) is 0 Å². The fourth-order valence-corrected chi connectivity index (χ4v) is 1.53. The maximum atomic E-state index is 9.87. The van der Waals surface area contributed by atoms with E-state index in [0.29, 0.717) is 11.4 Å². The van der Waals surface area contributed by atoms with Crippen LogP contribution in [0.2, 0.25) is 0 Å². The van der Waals surface area contributed by atoms with E-state index in [0.717, 1.165) is 11.4 Å². The monoisotopic (exact) mass is 371 g/mol. The molecule has 0 aliphatic carbocycles. The maximum absolute atomic E-state index is 10.7. The molecule has 0 radical (unpaired) electrons. The van der Waals surface area contributed by atoms with E-state index in [1.807, 2.05) is 36.4 Å². The van der Waals surface area contributed by atoms with Crippen LogP contribution in [0.1, 0.15) is 0 Å². The Bertz CT molecular complexity index is 732. The van der Waals surface area contributed by atoms with Crippen molar-refractivity contribution in [2.75, 3.05) is 12.4 Å². The zero-order valence-corrected chi connectivity index (χ0v) is 13.0. The Morgan fingerprint density at radius 2 is 1.46 bits per heavy atom. The van der Waals surface area contributed by atoms with Gasteiger partial charge in [-0.3, -0.25) is 0 Å². The number of anilines is 2. The van der Waals surface area contributed by atoms with E-state index in [2.05, 4.69) is 10.3 Å². The summed E-state index contributed by atoms with van der Waals surface area (Å²) in [5.74, 6) is 0.522. The normalized spacial score (nSPS) is 13.4. The Labute approximate surface area is 132 Å². The van der Waals surface area contributed by atoms with E-state index >= 15 is 0 Å². The van der Waals surface area contributed by atoms with Crippen LogP contribution in [-0.4, -0.2) is 7.11 Å². The number of diazo groups is 1. The summed E-state index contributed by atoms with van der Waals surface area (Å²) < 4.78 is 64.3. The summed E-state index contributed by atoms with van der Waals surface area (Å²) in [5, 5.41) is 12.0. The van der Waals surface area contributed by atoms with Gasteiger partial charge in [0.05, 0.1) is 7.11 Å². The third-order valence-corrected chi connectivity index (χ3v) is 2.35. The number of nitrogens with one attached hydrogen (secondary N) is 1. The molecule has 4 nitrogen and oxygen atoms in total. The van der Waals surface area contributed by atoms with Crippen LogP contribution in [0, 0.1) is 5.39 Å². The Morgan fingerprint density at radius 3 is 1.92 bits per heavy atom. The molecule has 2 rings (SSSR count). The van der Waals surface area contributed by atoms with Gasteiger partial charge in [0.2, 0.25) is 11.1 Å². The van der Waals surface area contributed by atoms with Crippen LogP contribution >= 0.6 is 7.81 Å². The van der Waals surface area contributed by atoms with Gasteiger partial charge in [-0.05, 0) is 18.2 Å². The number of ether oxygens (including phenoxy) is 1. The van der Waals surface area contributed by atoms with Gasteiger partial charge in [0.1, 0.15) is 0 Å². The van der Waals surface area contributed by atoms with Crippen LogP contribution < -0.4 is 10.1 Å². The first kappa shape index (κ1) is 19.5. The van der Waals surface area contributed by atoms with Crippen molar-refractivity contribution in [3.05, 3.63) is 53.5 Å². The Morgan fingerprint density at radius 1 is 0.917 bits per heavy atom. The predicted molar refractivity (Wildman–Crippen MR) is 81.0 cm³/mol. The SMILES string of the molecule is COc1cc(Nc2ccccc2)ccc1[N+]#N.F[P-](F)(F)(F)(F)F. The number of rotatable bonds is 3. The number of halogens is 6. The summed E-state index contributed by atoms with van der Waals surface area (Å²) in [4.78, 5) is 3.14. The summed E-state index contributed by atoms with van der Waals surface area (Å²) in [7, 11) is -9.12. The molecule has 0 aliphatic heterocycles. The second kappa shape index (κ2) is 6.17. The Hall–Kier alpha value is -2.53. The summed E-state index contributed by atoms with van der Waals surface area (Å²) in [6.07, 6.45) is 0. The molecule has 0 saturated carbocycles. The molecule has 0 aliphatic rings. The van der Waals surface area contributed by atoms with Crippen molar-refractivity contribution >= 4 is 24.9 Å². The van der Waals surface area contributed by atoms with Crippen LogP contribution in [0.5, 0.6) is 5.75 Å². The van der Waals surface area contributed by atoms with Crippen LogP contribution in [0.15, 0.2) is 48.5 Å². The van der Waals surface area contributed by atoms with E-state index in [9.17, 15) is 25.2 Å². The molecule has 0 fully saturated rings. The zero-order valence-electron chi connectivity index (χ0n) is 12.1.